The molecular formula is C13H20N2O3. The fraction of sp³-hybridized carbons (Fsp3) is 0.462. The number of rotatable bonds is 7. The van der Waals surface area contributed by atoms with Crippen LogP contribution in [0.25, 0.3) is 0 Å². The van der Waals surface area contributed by atoms with Crippen LogP contribution in [0.3, 0.4) is 0 Å². The van der Waals surface area contributed by atoms with Gasteiger partial charge in [-0.2, -0.15) is 0 Å². The van der Waals surface area contributed by atoms with E-state index in [2.05, 4.69) is 5.32 Å². The highest BCUT2D eigenvalue weighted by molar-refractivity contribution is 5.83. The van der Waals surface area contributed by atoms with Gasteiger partial charge in [0.2, 0.25) is 5.91 Å². The van der Waals surface area contributed by atoms with Crippen molar-refractivity contribution >= 4 is 5.91 Å². The van der Waals surface area contributed by atoms with Crippen molar-refractivity contribution in [2.24, 2.45) is 5.73 Å². The Bertz CT molecular complexity index is 405. The fourth-order valence-electron chi connectivity index (χ4n) is 1.35. The molecule has 0 bridgehead atoms. The zero-order valence-corrected chi connectivity index (χ0v) is 11.0. The molecule has 0 heterocycles. The van der Waals surface area contributed by atoms with Gasteiger partial charge in [0.1, 0.15) is 6.61 Å². The lowest BCUT2D eigenvalue weighted by Crippen LogP contribution is -2.51. The third-order valence-electron chi connectivity index (χ3n) is 2.61. The van der Waals surface area contributed by atoms with Crippen LogP contribution in [0.1, 0.15) is 13.8 Å². The molecule has 100 valence electrons. The van der Waals surface area contributed by atoms with E-state index in [1.165, 1.54) is 0 Å². The van der Waals surface area contributed by atoms with Gasteiger partial charge in [0.25, 0.3) is 0 Å². The van der Waals surface area contributed by atoms with Crippen molar-refractivity contribution in [2.45, 2.75) is 19.4 Å². The first-order chi connectivity index (χ1) is 8.47. The summed E-state index contributed by atoms with van der Waals surface area (Å²) >= 11 is 0. The summed E-state index contributed by atoms with van der Waals surface area (Å²) < 4.78 is 10.7. The molecule has 1 amide bonds. The van der Waals surface area contributed by atoms with Crippen LogP contribution in [0.15, 0.2) is 24.3 Å². The molecule has 0 aliphatic carbocycles. The van der Waals surface area contributed by atoms with E-state index in [0.29, 0.717) is 24.7 Å². The number of ether oxygens (including phenoxy) is 2. The number of methoxy groups -OCH3 is 1. The Kier molecular flexibility index (Phi) is 4.97. The van der Waals surface area contributed by atoms with E-state index < -0.39 is 5.54 Å². The number of carbonyl (C=O) groups is 1. The minimum Gasteiger partial charge on any atom is -0.493 e. The summed E-state index contributed by atoms with van der Waals surface area (Å²) in [6.07, 6.45) is 0. The van der Waals surface area contributed by atoms with Gasteiger partial charge in [-0.05, 0) is 26.0 Å². The Labute approximate surface area is 107 Å². The highest BCUT2D eigenvalue weighted by atomic mass is 16.5. The molecule has 18 heavy (non-hydrogen) atoms. The summed E-state index contributed by atoms with van der Waals surface area (Å²) in [7, 11) is 1.59. The van der Waals surface area contributed by atoms with Gasteiger partial charge in [-0.15, -0.1) is 0 Å². The summed E-state index contributed by atoms with van der Waals surface area (Å²) in [5.41, 5.74) is 4.51. The number of carbonyl (C=O) groups excluding carboxylic acids is 1. The molecule has 0 aliphatic rings. The topological polar surface area (TPSA) is 73.6 Å². The Hall–Kier alpha value is -1.75. The van der Waals surface area contributed by atoms with Crippen molar-refractivity contribution in [2.75, 3.05) is 20.3 Å². The number of amides is 1. The Balaban J connectivity index is 2.41. The Morgan fingerprint density at radius 1 is 1.33 bits per heavy atom. The van der Waals surface area contributed by atoms with Crippen LogP contribution in [0.5, 0.6) is 11.5 Å². The lowest BCUT2D eigenvalue weighted by molar-refractivity contribution is -0.123. The summed E-state index contributed by atoms with van der Waals surface area (Å²) in [6, 6.07) is 7.41. The van der Waals surface area contributed by atoms with Crippen LogP contribution in [-0.4, -0.2) is 31.7 Å². The van der Waals surface area contributed by atoms with Gasteiger partial charge in [0, 0.05) is 6.54 Å². The van der Waals surface area contributed by atoms with E-state index in [9.17, 15) is 4.79 Å². The van der Waals surface area contributed by atoms with Gasteiger partial charge in [-0.25, -0.2) is 0 Å². The number of nitrogens with one attached hydrogen (secondary N) is 1. The molecule has 0 fully saturated rings. The van der Waals surface area contributed by atoms with Gasteiger partial charge in [-0.1, -0.05) is 12.1 Å². The van der Waals surface area contributed by atoms with E-state index in [1.54, 1.807) is 21.0 Å². The number of para-hydroxylation sites is 2. The highest BCUT2D eigenvalue weighted by Crippen LogP contribution is 2.25. The summed E-state index contributed by atoms with van der Waals surface area (Å²) in [4.78, 5) is 11.1. The van der Waals surface area contributed by atoms with Gasteiger partial charge >= 0.3 is 0 Å². The van der Waals surface area contributed by atoms with Crippen molar-refractivity contribution in [3.8, 4) is 11.5 Å². The molecule has 5 heteroatoms. The zero-order chi connectivity index (χ0) is 13.6. The number of hydrogen-bond acceptors (Lipinski definition) is 4. The molecule has 0 radical (unpaired) electrons. The van der Waals surface area contributed by atoms with Crippen LogP contribution in [-0.2, 0) is 4.79 Å². The molecule has 0 saturated heterocycles. The van der Waals surface area contributed by atoms with E-state index >= 15 is 0 Å². The Morgan fingerprint density at radius 2 is 1.94 bits per heavy atom. The van der Waals surface area contributed by atoms with Crippen molar-refractivity contribution in [1.82, 2.24) is 5.32 Å². The third-order valence-corrected chi connectivity index (χ3v) is 2.61. The molecule has 0 atom stereocenters. The largest absolute Gasteiger partial charge is 0.493 e. The molecule has 1 aromatic carbocycles. The molecular weight excluding hydrogens is 232 g/mol. The molecule has 0 unspecified atom stereocenters. The first-order valence-corrected chi connectivity index (χ1v) is 5.78. The first-order valence-electron chi connectivity index (χ1n) is 5.78. The maximum Gasteiger partial charge on any atom is 0.237 e. The van der Waals surface area contributed by atoms with Crippen LogP contribution >= 0.6 is 0 Å². The molecule has 1 aromatic rings. The first kappa shape index (κ1) is 14.3. The third kappa shape index (κ3) is 3.92. The average Bonchev–Trinajstić information content (AvgIpc) is 2.35. The monoisotopic (exact) mass is 252 g/mol. The standard InChI is InChI=1S/C13H20N2O3/c1-13(2,12(14)16)15-8-9-18-11-7-5-4-6-10(11)17-3/h4-7,15H,8-9H2,1-3H3,(H2,14,16). The number of hydrogen-bond donors (Lipinski definition) is 2. The van der Waals surface area contributed by atoms with Crippen LogP contribution in [0.2, 0.25) is 0 Å². The minimum absolute atomic E-state index is 0.389. The van der Waals surface area contributed by atoms with Gasteiger partial charge in [0.05, 0.1) is 12.6 Å². The minimum atomic E-state index is -0.732. The predicted octanol–water partition coefficient (Wildman–Crippen LogP) is 0.927. The predicted molar refractivity (Wildman–Crippen MR) is 69.8 cm³/mol. The normalized spacial score (nSPS) is 11.1. The second kappa shape index (κ2) is 6.26. The molecule has 5 nitrogen and oxygen atoms in total. The summed E-state index contributed by atoms with van der Waals surface area (Å²) in [5.74, 6) is 0.977. The lowest BCUT2D eigenvalue weighted by atomic mass is 10.1. The summed E-state index contributed by atoms with van der Waals surface area (Å²) in [6.45, 7) is 4.42. The molecule has 0 spiro atoms. The van der Waals surface area contributed by atoms with Crippen LogP contribution < -0.4 is 20.5 Å². The maximum absolute atomic E-state index is 11.1. The highest BCUT2D eigenvalue weighted by Gasteiger charge is 2.23. The second-order valence-corrected chi connectivity index (χ2v) is 4.42. The van der Waals surface area contributed by atoms with Gasteiger partial charge < -0.3 is 20.5 Å². The number of primary amides is 1. The van der Waals surface area contributed by atoms with E-state index in [4.69, 9.17) is 15.2 Å². The van der Waals surface area contributed by atoms with E-state index in [-0.39, 0.29) is 5.91 Å². The SMILES string of the molecule is COc1ccccc1OCCNC(C)(C)C(N)=O. The molecule has 0 aromatic heterocycles. The number of nitrogens with two attached hydrogens (primary N) is 1. The van der Waals surface area contributed by atoms with E-state index in [1.807, 2.05) is 24.3 Å². The summed E-state index contributed by atoms with van der Waals surface area (Å²) in [5, 5.41) is 3.03. The lowest BCUT2D eigenvalue weighted by Gasteiger charge is -2.22. The van der Waals surface area contributed by atoms with Crippen molar-refractivity contribution in [1.29, 1.82) is 0 Å². The van der Waals surface area contributed by atoms with Crippen molar-refractivity contribution < 1.29 is 14.3 Å². The smallest absolute Gasteiger partial charge is 0.237 e. The Morgan fingerprint density at radius 3 is 2.50 bits per heavy atom. The quantitative estimate of drug-likeness (QED) is 0.708. The van der Waals surface area contributed by atoms with Gasteiger partial charge in [-0.3, -0.25) is 4.79 Å². The fourth-order valence-corrected chi connectivity index (χ4v) is 1.35. The van der Waals surface area contributed by atoms with Crippen molar-refractivity contribution in [3.05, 3.63) is 24.3 Å². The average molecular weight is 252 g/mol. The molecule has 3 N–H and O–H groups in total. The molecule has 0 saturated carbocycles. The van der Waals surface area contributed by atoms with Crippen molar-refractivity contribution in [3.63, 3.8) is 0 Å². The second-order valence-electron chi connectivity index (χ2n) is 4.42. The van der Waals surface area contributed by atoms with Crippen LogP contribution in [0.4, 0.5) is 0 Å². The molecule has 1 rings (SSSR count). The van der Waals surface area contributed by atoms with Gasteiger partial charge in [0.15, 0.2) is 11.5 Å². The zero-order valence-electron chi connectivity index (χ0n) is 11.0. The van der Waals surface area contributed by atoms with Crippen LogP contribution in [0, 0.1) is 0 Å². The maximum atomic E-state index is 11.1. The number of benzene rings is 1. The van der Waals surface area contributed by atoms with E-state index in [0.717, 1.165) is 0 Å². The molecule has 0 aliphatic heterocycles.